The van der Waals surface area contributed by atoms with Crippen LogP contribution in [0.4, 0.5) is 5.69 Å². The Kier molecular flexibility index (Phi) is 2.68. The van der Waals surface area contributed by atoms with Gasteiger partial charge in [0.25, 0.3) is 0 Å². The van der Waals surface area contributed by atoms with Gasteiger partial charge >= 0.3 is 5.91 Å². The van der Waals surface area contributed by atoms with Gasteiger partial charge in [0.2, 0.25) is 0 Å². The van der Waals surface area contributed by atoms with Crippen molar-refractivity contribution in [1.82, 2.24) is 0 Å². The van der Waals surface area contributed by atoms with Crippen molar-refractivity contribution in [2.24, 2.45) is 20.5 Å². The fourth-order valence-corrected chi connectivity index (χ4v) is 1.20. The highest BCUT2D eigenvalue weighted by Crippen LogP contribution is 2.20. The number of carbonyl (C=O) groups excluding carboxylic acids is 1. The topological polar surface area (TPSA) is 66.5 Å². The maximum atomic E-state index is 11.2. The van der Waals surface area contributed by atoms with Crippen LogP contribution in [0.25, 0.3) is 0 Å². The Balaban J connectivity index is 2.19. The molecule has 1 amide bonds. The molecule has 0 aromatic heterocycles. The molecule has 1 heterocycles. The number of carbonyl (C=O) groups is 1. The summed E-state index contributed by atoms with van der Waals surface area (Å²) in [6.45, 7) is 3.67. The largest absolute Gasteiger partial charge is 0.317 e. The van der Waals surface area contributed by atoms with Gasteiger partial charge in [-0.05, 0) is 26.0 Å². The summed E-state index contributed by atoms with van der Waals surface area (Å²) in [6.07, 6.45) is 0. The summed E-state index contributed by atoms with van der Waals surface area (Å²) in [5, 5.41) is 14.8. The zero-order valence-corrected chi connectivity index (χ0v) is 9.01. The van der Waals surface area contributed by atoms with Crippen LogP contribution in [0.2, 0.25) is 0 Å². The van der Waals surface area contributed by atoms with Crippen molar-refractivity contribution in [2.45, 2.75) is 13.8 Å². The minimum atomic E-state index is -0.437. The Morgan fingerprint density at radius 2 is 1.69 bits per heavy atom. The third-order valence-electron chi connectivity index (χ3n) is 2.14. The van der Waals surface area contributed by atoms with Crippen molar-refractivity contribution in [1.29, 1.82) is 0 Å². The van der Waals surface area contributed by atoms with E-state index in [0.29, 0.717) is 11.4 Å². The summed E-state index contributed by atoms with van der Waals surface area (Å²) in [4.78, 5) is 11.2. The highest BCUT2D eigenvalue weighted by atomic mass is 16.2. The molecule has 5 nitrogen and oxygen atoms in total. The van der Waals surface area contributed by atoms with Crippen molar-refractivity contribution in [3.63, 3.8) is 0 Å². The van der Waals surface area contributed by atoms with Crippen molar-refractivity contribution in [3.05, 3.63) is 41.2 Å². The summed E-state index contributed by atoms with van der Waals surface area (Å²) in [5.74, 6) is -0.437. The van der Waals surface area contributed by atoms with Gasteiger partial charge in [-0.2, -0.15) is 5.11 Å². The number of hydrogen-bond acceptors (Lipinski definition) is 4. The van der Waals surface area contributed by atoms with Gasteiger partial charge in [0, 0.05) is 0 Å². The number of nitrogens with zero attached hydrogens (tertiary/aromatic N) is 4. The molecule has 16 heavy (non-hydrogen) atoms. The molecule has 1 aromatic carbocycles. The number of aryl methyl sites for hydroxylation is 1. The first-order valence-electron chi connectivity index (χ1n) is 4.82. The van der Waals surface area contributed by atoms with Crippen LogP contribution in [0.15, 0.2) is 56.1 Å². The van der Waals surface area contributed by atoms with E-state index in [1.54, 1.807) is 6.92 Å². The van der Waals surface area contributed by atoms with E-state index in [1.165, 1.54) is 0 Å². The van der Waals surface area contributed by atoms with Gasteiger partial charge < -0.3 is 0 Å². The lowest BCUT2D eigenvalue weighted by atomic mass is 10.2. The van der Waals surface area contributed by atoms with Crippen LogP contribution in [-0.2, 0) is 4.79 Å². The minimum absolute atomic E-state index is 0.209. The van der Waals surface area contributed by atoms with Gasteiger partial charge in [-0.1, -0.05) is 17.7 Å². The molecule has 0 bridgehead atoms. The minimum Gasteiger partial charge on any atom is -0.263 e. The predicted octanol–water partition coefficient (Wildman–Crippen LogP) is 3.30. The molecule has 1 aliphatic heterocycles. The van der Waals surface area contributed by atoms with Gasteiger partial charge in [0.15, 0.2) is 5.70 Å². The van der Waals surface area contributed by atoms with Crippen LogP contribution in [0.1, 0.15) is 12.5 Å². The molecule has 5 heteroatoms. The van der Waals surface area contributed by atoms with E-state index < -0.39 is 5.91 Å². The Morgan fingerprint density at radius 1 is 1.00 bits per heavy atom. The fourth-order valence-electron chi connectivity index (χ4n) is 1.20. The van der Waals surface area contributed by atoms with Crippen LogP contribution in [0.5, 0.6) is 0 Å². The van der Waals surface area contributed by atoms with Crippen LogP contribution < -0.4 is 0 Å². The van der Waals surface area contributed by atoms with E-state index in [2.05, 4.69) is 20.5 Å². The number of hydrogen-bond donors (Lipinski definition) is 0. The lowest BCUT2D eigenvalue weighted by molar-refractivity contribution is -0.114. The standard InChI is InChI=1S/C11H10N4O/c1-7-3-5-9(6-4-7)13-14-10-8(2)12-15-11(10)16/h3-6H,1-2H3. The SMILES string of the molecule is CC1=C(N=Nc2ccc(C)cc2)C(=O)N=N1. The molecule has 1 aliphatic rings. The number of allylic oxidation sites excluding steroid dienone is 1. The molecule has 0 unspecified atom stereocenters. The molecule has 0 N–H and O–H groups in total. The van der Waals surface area contributed by atoms with Crippen molar-refractivity contribution in [2.75, 3.05) is 0 Å². The molecule has 1 aromatic rings. The van der Waals surface area contributed by atoms with Crippen molar-refractivity contribution in [3.8, 4) is 0 Å². The number of benzene rings is 1. The summed E-state index contributed by atoms with van der Waals surface area (Å²) in [6, 6.07) is 7.53. The zero-order valence-electron chi connectivity index (χ0n) is 9.01. The maximum absolute atomic E-state index is 11.2. The van der Waals surface area contributed by atoms with Crippen LogP contribution >= 0.6 is 0 Å². The second-order valence-corrected chi connectivity index (χ2v) is 3.47. The number of rotatable bonds is 2. The number of azo groups is 2. The molecule has 0 atom stereocenters. The summed E-state index contributed by atoms with van der Waals surface area (Å²) in [5.41, 5.74) is 2.56. The Bertz CT molecular complexity index is 511. The summed E-state index contributed by atoms with van der Waals surface area (Å²) in [7, 11) is 0. The summed E-state index contributed by atoms with van der Waals surface area (Å²) < 4.78 is 0. The lowest BCUT2D eigenvalue weighted by Crippen LogP contribution is -1.90. The average Bonchev–Trinajstić information content (AvgIpc) is 2.59. The quantitative estimate of drug-likeness (QED) is 0.696. The molecule has 2 rings (SSSR count). The molecule has 80 valence electrons. The monoisotopic (exact) mass is 214 g/mol. The molecule has 0 spiro atoms. The first-order chi connectivity index (χ1) is 7.66. The van der Waals surface area contributed by atoms with Crippen LogP contribution in [0.3, 0.4) is 0 Å². The molecular formula is C11H10N4O. The third kappa shape index (κ3) is 2.08. The Hall–Kier alpha value is -2.17. The van der Waals surface area contributed by atoms with Crippen LogP contribution in [-0.4, -0.2) is 5.91 Å². The lowest BCUT2D eigenvalue weighted by Gasteiger charge is -1.93. The van der Waals surface area contributed by atoms with Gasteiger partial charge in [-0.3, -0.25) is 4.79 Å². The Morgan fingerprint density at radius 3 is 2.25 bits per heavy atom. The third-order valence-corrected chi connectivity index (χ3v) is 2.14. The summed E-state index contributed by atoms with van der Waals surface area (Å²) >= 11 is 0. The number of amides is 1. The molecule has 0 saturated heterocycles. The van der Waals surface area contributed by atoms with Crippen molar-refractivity contribution >= 4 is 11.6 Å². The fraction of sp³-hybridized carbons (Fsp3) is 0.182. The molecule has 0 saturated carbocycles. The van der Waals surface area contributed by atoms with E-state index in [0.717, 1.165) is 5.56 Å². The van der Waals surface area contributed by atoms with E-state index >= 15 is 0 Å². The van der Waals surface area contributed by atoms with Gasteiger partial charge in [-0.15, -0.1) is 15.3 Å². The maximum Gasteiger partial charge on any atom is 0.317 e. The highest BCUT2D eigenvalue weighted by molar-refractivity contribution is 5.95. The van der Waals surface area contributed by atoms with Gasteiger partial charge in [-0.25, -0.2) is 0 Å². The normalized spacial score (nSPS) is 15.5. The first kappa shape index (κ1) is 10.4. The average molecular weight is 214 g/mol. The Labute approximate surface area is 92.6 Å². The molecule has 0 fully saturated rings. The molecule has 0 radical (unpaired) electrons. The second kappa shape index (κ2) is 4.14. The van der Waals surface area contributed by atoms with Crippen molar-refractivity contribution < 1.29 is 4.79 Å². The first-order valence-corrected chi connectivity index (χ1v) is 4.82. The van der Waals surface area contributed by atoms with Gasteiger partial charge in [0.1, 0.15) is 0 Å². The molecular weight excluding hydrogens is 204 g/mol. The van der Waals surface area contributed by atoms with E-state index in [4.69, 9.17) is 0 Å². The van der Waals surface area contributed by atoms with E-state index in [9.17, 15) is 4.79 Å². The highest BCUT2D eigenvalue weighted by Gasteiger charge is 2.17. The van der Waals surface area contributed by atoms with E-state index in [-0.39, 0.29) is 5.70 Å². The predicted molar refractivity (Wildman–Crippen MR) is 58.3 cm³/mol. The smallest absolute Gasteiger partial charge is 0.263 e. The van der Waals surface area contributed by atoms with Crippen LogP contribution in [0, 0.1) is 6.92 Å². The zero-order chi connectivity index (χ0) is 11.5. The van der Waals surface area contributed by atoms with Gasteiger partial charge in [0.05, 0.1) is 11.4 Å². The van der Waals surface area contributed by atoms with E-state index in [1.807, 2.05) is 31.2 Å². The molecule has 0 aliphatic carbocycles. The second-order valence-electron chi connectivity index (χ2n) is 3.47.